The predicted octanol–water partition coefficient (Wildman–Crippen LogP) is 4.24. The zero-order valence-electron chi connectivity index (χ0n) is 15.5. The fourth-order valence-corrected chi connectivity index (χ4v) is 6.53. The van der Waals surface area contributed by atoms with Gasteiger partial charge in [0.1, 0.15) is 0 Å². The Morgan fingerprint density at radius 3 is 2.29 bits per heavy atom. The van der Waals surface area contributed by atoms with Crippen molar-refractivity contribution in [2.24, 2.45) is 17.3 Å². The Morgan fingerprint density at radius 2 is 1.71 bits per heavy atom. The maximum absolute atomic E-state index is 11.0. The van der Waals surface area contributed by atoms with Crippen molar-refractivity contribution in [2.75, 3.05) is 0 Å². The molecule has 2 heteroatoms. The Hall–Kier alpha value is -0.860. The van der Waals surface area contributed by atoms with Crippen molar-refractivity contribution in [1.82, 2.24) is 5.32 Å². The maximum Gasteiger partial charge on any atom is 0.0659 e. The molecular formula is C22H33NO. The molecular weight excluding hydrogens is 294 g/mol. The third-order valence-corrected chi connectivity index (χ3v) is 7.19. The molecule has 4 fully saturated rings. The van der Waals surface area contributed by atoms with Crippen LogP contribution >= 0.6 is 0 Å². The van der Waals surface area contributed by atoms with E-state index in [0.29, 0.717) is 17.5 Å². The molecule has 4 atom stereocenters. The van der Waals surface area contributed by atoms with Crippen LogP contribution in [0.15, 0.2) is 24.3 Å². The fraction of sp³-hybridized carbons (Fsp3) is 0.727. The average Bonchev–Trinajstić information content (AvgIpc) is 2.47. The molecule has 0 amide bonds. The van der Waals surface area contributed by atoms with Crippen molar-refractivity contribution < 1.29 is 5.11 Å². The second kappa shape index (κ2) is 5.85. The third-order valence-electron chi connectivity index (χ3n) is 7.19. The smallest absolute Gasteiger partial charge is 0.0659 e. The summed E-state index contributed by atoms with van der Waals surface area (Å²) in [6.45, 7) is 6.83. The standard InChI is InChI=1S/C22H33NO/c1-15-4-6-18(7-5-15)8-16(2)23-17(3)21-10-19-9-20(11-21)13-22(24,12-19)14-21/h4-7,16-17,19-20,23-24H,8-14H2,1-3H3/t16-,17-,19-,20-,21?,22?/m1/s1. The molecule has 0 saturated heterocycles. The Labute approximate surface area is 147 Å². The van der Waals surface area contributed by atoms with Crippen LogP contribution in [0.3, 0.4) is 0 Å². The van der Waals surface area contributed by atoms with E-state index in [1.807, 2.05) is 0 Å². The second-order valence-corrected chi connectivity index (χ2v) is 9.53. The number of benzene rings is 1. The quantitative estimate of drug-likeness (QED) is 0.848. The van der Waals surface area contributed by atoms with Gasteiger partial charge in [-0.3, -0.25) is 0 Å². The number of aliphatic hydroxyl groups is 1. The molecule has 24 heavy (non-hydrogen) atoms. The van der Waals surface area contributed by atoms with Crippen molar-refractivity contribution in [3.05, 3.63) is 35.4 Å². The summed E-state index contributed by atoms with van der Waals surface area (Å²) in [5, 5.41) is 14.9. The van der Waals surface area contributed by atoms with Crippen molar-refractivity contribution in [3.63, 3.8) is 0 Å². The number of rotatable bonds is 5. The van der Waals surface area contributed by atoms with E-state index < -0.39 is 0 Å². The van der Waals surface area contributed by atoms with E-state index in [1.165, 1.54) is 30.4 Å². The number of aryl methyl sites for hydroxylation is 1. The van der Waals surface area contributed by atoms with Crippen LogP contribution < -0.4 is 5.32 Å². The zero-order valence-corrected chi connectivity index (χ0v) is 15.5. The molecule has 4 aliphatic carbocycles. The minimum absolute atomic E-state index is 0.334. The Morgan fingerprint density at radius 1 is 1.08 bits per heavy atom. The van der Waals surface area contributed by atoms with Crippen molar-refractivity contribution >= 4 is 0 Å². The van der Waals surface area contributed by atoms with Crippen LogP contribution in [0.25, 0.3) is 0 Å². The third kappa shape index (κ3) is 3.04. The van der Waals surface area contributed by atoms with Crippen LogP contribution in [0.2, 0.25) is 0 Å². The molecule has 0 spiro atoms. The van der Waals surface area contributed by atoms with Crippen molar-refractivity contribution in [3.8, 4) is 0 Å². The summed E-state index contributed by atoms with van der Waals surface area (Å²) in [5.74, 6) is 1.54. The summed E-state index contributed by atoms with van der Waals surface area (Å²) in [6.07, 6.45) is 8.27. The van der Waals surface area contributed by atoms with Gasteiger partial charge in [-0.1, -0.05) is 29.8 Å². The first-order valence-electron chi connectivity index (χ1n) is 9.90. The summed E-state index contributed by atoms with van der Waals surface area (Å²) >= 11 is 0. The highest BCUT2D eigenvalue weighted by molar-refractivity contribution is 5.22. The first-order valence-corrected chi connectivity index (χ1v) is 9.90. The van der Waals surface area contributed by atoms with Gasteiger partial charge < -0.3 is 10.4 Å². The molecule has 0 aliphatic heterocycles. The van der Waals surface area contributed by atoms with Crippen LogP contribution in [0.1, 0.15) is 63.5 Å². The Balaban J connectivity index is 1.42. The molecule has 2 nitrogen and oxygen atoms in total. The highest BCUT2D eigenvalue weighted by Gasteiger charge is 2.58. The van der Waals surface area contributed by atoms with Crippen LogP contribution in [-0.2, 0) is 6.42 Å². The van der Waals surface area contributed by atoms with E-state index in [0.717, 1.165) is 37.5 Å². The SMILES string of the molecule is Cc1ccc(C[C@@H](C)N[C@H](C)C23C[C@H]4C[C@@H](CC(O)(C4)C2)C3)cc1. The van der Waals surface area contributed by atoms with Crippen LogP contribution in [-0.4, -0.2) is 22.8 Å². The molecule has 0 radical (unpaired) electrons. The molecule has 0 aromatic heterocycles. The molecule has 0 unspecified atom stereocenters. The first-order chi connectivity index (χ1) is 11.4. The lowest BCUT2D eigenvalue weighted by atomic mass is 9.46. The summed E-state index contributed by atoms with van der Waals surface area (Å²) in [7, 11) is 0. The number of hydrogen-bond acceptors (Lipinski definition) is 2. The van der Waals surface area contributed by atoms with Crippen LogP contribution in [0, 0.1) is 24.2 Å². The van der Waals surface area contributed by atoms with Gasteiger partial charge in [0.15, 0.2) is 0 Å². The lowest BCUT2D eigenvalue weighted by molar-refractivity contribution is -0.172. The lowest BCUT2D eigenvalue weighted by Gasteiger charge is -2.62. The van der Waals surface area contributed by atoms with Gasteiger partial charge in [0.25, 0.3) is 0 Å². The topological polar surface area (TPSA) is 32.3 Å². The second-order valence-electron chi connectivity index (χ2n) is 9.53. The van der Waals surface area contributed by atoms with Crippen LogP contribution in [0.4, 0.5) is 0 Å². The Bertz CT molecular complexity index is 578. The molecule has 2 N–H and O–H groups in total. The zero-order chi connectivity index (χ0) is 16.9. The molecule has 4 saturated carbocycles. The van der Waals surface area contributed by atoms with Gasteiger partial charge in [-0.2, -0.15) is 0 Å². The van der Waals surface area contributed by atoms with Gasteiger partial charge in [-0.25, -0.2) is 0 Å². The highest BCUT2D eigenvalue weighted by Crippen LogP contribution is 2.62. The first kappa shape index (κ1) is 16.6. The van der Waals surface area contributed by atoms with E-state index in [2.05, 4.69) is 50.4 Å². The summed E-state index contributed by atoms with van der Waals surface area (Å²) in [5.41, 5.74) is 2.73. The number of nitrogens with one attached hydrogen (secondary N) is 1. The molecule has 5 rings (SSSR count). The van der Waals surface area contributed by atoms with Crippen LogP contribution in [0.5, 0.6) is 0 Å². The minimum Gasteiger partial charge on any atom is -0.390 e. The van der Waals surface area contributed by atoms with Gasteiger partial charge in [-0.05, 0) is 88.5 Å². The highest BCUT2D eigenvalue weighted by atomic mass is 16.3. The van der Waals surface area contributed by atoms with Gasteiger partial charge in [0.05, 0.1) is 5.60 Å². The van der Waals surface area contributed by atoms with E-state index in [-0.39, 0.29) is 5.60 Å². The molecule has 4 bridgehead atoms. The van der Waals surface area contributed by atoms with Crippen molar-refractivity contribution in [1.29, 1.82) is 0 Å². The van der Waals surface area contributed by atoms with E-state index in [4.69, 9.17) is 0 Å². The lowest BCUT2D eigenvalue weighted by Crippen LogP contribution is -2.62. The fourth-order valence-electron chi connectivity index (χ4n) is 6.53. The molecule has 1 aromatic rings. The van der Waals surface area contributed by atoms with Gasteiger partial charge in [0, 0.05) is 12.1 Å². The van der Waals surface area contributed by atoms with Crippen molar-refractivity contribution in [2.45, 2.75) is 83.4 Å². The summed E-state index contributed by atoms with van der Waals surface area (Å²) in [4.78, 5) is 0. The average molecular weight is 328 g/mol. The van der Waals surface area contributed by atoms with Gasteiger partial charge in [-0.15, -0.1) is 0 Å². The van der Waals surface area contributed by atoms with E-state index in [9.17, 15) is 5.11 Å². The van der Waals surface area contributed by atoms with E-state index >= 15 is 0 Å². The van der Waals surface area contributed by atoms with E-state index in [1.54, 1.807) is 0 Å². The summed E-state index contributed by atoms with van der Waals surface area (Å²) < 4.78 is 0. The largest absolute Gasteiger partial charge is 0.390 e. The van der Waals surface area contributed by atoms with Gasteiger partial charge in [0.2, 0.25) is 0 Å². The Kier molecular flexibility index (Phi) is 4.04. The monoisotopic (exact) mass is 327 g/mol. The molecule has 0 heterocycles. The predicted molar refractivity (Wildman–Crippen MR) is 99.0 cm³/mol. The minimum atomic E-state index is -0.347. The summed E-state index contributed by atoms with van der Waals surface area (Å²) in [6, 6.07) is 9.90. The normalized spacial score (nSPS) is 39.8. The van der Waals surface area contributed by atoms with Gasteiger partial charge >= 0.3 is 0 Å². The maximum atomic E-state index is 11.0. The molecule has 132 valence electrons. The number of hydrogen-bond donors (Lipinski definition) is 2. The molecule has 1 aromatic carbocycles. The molecule has 4 aliphatic rings.